The molecule has 1 heterocycles. The molecule has 1 aliphatic rings. The second kappa shape index (κ2) is 8.78. The zero-order valence-corrected chi connectivity index (χ0v) is 14.6. The highest BCUT2D eigenvalue weighted by atomic mass is 32.2. The molecule has 0 amide bonds. The molecule has 0 radical (unpaired) electrons. The van der Waals surface area contributed by atoms with E-state index >= 15 is 0 Å². The monoisotopic (exact) mass is 300 g/mol. The molecule has 0 aromatic rings. The second-order valence-electron chi connectivity index (χ2n) is 6.38. The van der Waals surface area contributed by atoms with Crippen molar-refractivity contribution in [2.45, 2.75) is 38.4 Å². The van der Waals surface area contributed by atoms with Crippen LogP contribution in [0.3, 0.4) is 0 Å². The maximum absolute atomic E-state index is 4.30. The lowest BCUT2D eigenvalue weighted by Gasteiger charge is -2.25. The summed E-state index contributed by atoms with van der Waals surface area (Å²) in [6, 6.07) is 0. The van der Waals surface area contributed by atoms with Crippen LogP contribution in [0.15, 0.2) is 4.99 Å². The van der Waals surface area contributed by atoms with Crippen LogP contribution in [-0.4, -0.2) is 61.6 Å². The highest BCUT2D eigenvalue weighted by molar-refractivity contribution is 7.99. The van der Waals surface area contributed by atoms with Crippen LogP contribution in [0.25, 0.3) is 0 Å². The Morgan fingerprint density at radius 3 is 2.50 bits per heavy atom. The first-order valence-corrected chi connectivity index (χ1v) is 8.91. The van der Waals surface area contributed by atoms with Gasteiger partial charge in [-0.3, -0.25) is 4.99 Å². The summed E-state index contributed by atoms with van der Waals surface area (Å²) < 4.78 is 0.235. The Morgan fingerprint density at radius 2 is 1.95 bits per heavy atom. The highest BCUT2D eigenvalue weighted by Gasteiger charge is 2.17. The second-order valence-corrected chi connectivity index (χ2v) is 7.90. The summed E-state index contributed by atoms with van der Waals surface area (Å²) >= 11 is 1.87. The van der Waals surface area contributed by atoms with E-state index in [0.717, 1.165) is 19.0 Å². The zero-order chi connectivity index (χ0) is 15.0. The number of rotatable bonds is 7. The smallest absolute Gasteiger partial charge is 0.191 e. The first-order valence-electron chi connectivity index (χ1n) is 7.69. The summed E-state index contributed by atoms with van der Waals surface area (Å²) in [5.74, 6) is 1.57. The normalized spacial score (nSPS) is 19.1. The molecule has 118 valence electrons. The summed E-state index contributed by atoms with van der Waals surface area (Å²) in [5.41, 5.74) is 0. The van der Waals surface area contributed by atoms with Crippen LogP contribution in [0.2, 0.25) is 0 Å². The van der Waals surface area contributed by atoms with Gasteiger partial charge in [-0.1, -0.05) is 6.92 Å². The van der Waals surface area contributed by atoms with Gasteiger partial charge in [0, 0.05) is 31.4 Å². The molecule has 0 aliphatic carbocycles. The van der Waals surface area contributed by atoms with Crippen molar-refractivity contribution in [1.82, 2.24) is 15.5 Å². The van der Waals surface area contributed by atoms with Crippen LogP contribution in [0.4, 0.5) is 0 Å². The number of hydrogen-bond acceptors (Lipinski definition) is 3. The molecule has 0 bridgehead atoms. The molecule has 1 saturated heterocycles. The van der Waals surface area contributed by atoms with E-state index in [2.05, 4.69) is 47.6 Å². The van der Waals surface area contributed by atoms with Crippen molar-refractivity contribution in [2.75, 3.05) is 46.0 Å². The maximum Gasteiger partial charge on any atom is 0.191 e. The fourth-order valence-electron chi connectivity index (χ4n) is 2.33. The SMILES string of the molecule is CN=C(NCC(C)CN1CCCC1)NCC(C)(C)SC. The lowest BCUT2D eigenvalue weighted by Crippen LogP contribution is -2.45. The minimum absolute atomic E-state index is 0.235. The molecule has 20 heavy (non-hydrogen) atoms. The van der Waals surface area contributed by atoms with Crippen molar-refractivity contribution >= 4 is 17.7 Å². The summed E-state index contributed by atoms with van der Waals surface area (Å²) in [7, 11) is 1.84. The molecule has 1 rings (SSSR count). The van der Waals surface area contributed by atoms with Gasteiger partial charge in [-0.2, -0.15) is 11.8 Å². The summed E-state index contributed by atoms with van der Waals surface area (Å²) in [4.78, 5) is 6.87. The van der Waals surface area contributed by atoms with E-state index in [1.54, 1.807) is 0 Å². The lowest BCUT2D eigenvalue weighted by molar-refractivity contribution is 0.287. The van der Waals surface area contributed by atoms with Crippen molar-refractivity contribution < 1.29 is 0 Å². The molecule has 0 aromatic carbocycles. The zero-order valence-electron chi connectivity index (χ0n) is 13.8. The predicted molar refractivity (Wildman–Crippen MR) is 91.8 cm³/mol. The number of guanidine groups is 1. The largest absolute Gasteiger partial charge is 0.356 e. The van der Waals surface area contributed by atoms with Crippen LogP contribution in [0, 0.1) is 5.92 Å². The van der Waals surface area contributed by atoms with Crippen molar-refractivity contribution in [3.8, 4) is 0 Å². The highest BCUT2D eigenvalue weighted by Crippen LogP contribution is 2.19. The lowest BCUT2D eigenvalue weighted by atomic mass is 10.1. The van der Waals surface area contributed by atoms with Gasteiger partial charge < -0.3 is 15.5 Å². The van der Waals surface area contributed by atoms with Crippen LogP contribution in [-0.2, 0) is 0 Å². The Kier molecular flexibility index (Phi) is 7.74. The fourth-order valence-corrected chi connectivity index (χ4v) is 2.55. The standard InChI is InChI=1S/C15H32N4S/c1-13(11-19-8-6-7-9-19)10-17-14(16-4)18-12-15(2,3)20-5/h13H,6-12H2,1-5H3,(H2,16,17,18). The molecule has 1 atom stereocenters. The number of thioether (sulfide) groups is 1. The van der Waals surface area contributed by atoms with Crippen molar-refractivity contribution in [3.05, 3.63) is 0 Å². The molecule has 4 nitrogen and oxygen atoms in total. The first-order chi connectivity index (χ1) is 9.46. The van der Waals surface area contributed by atoms with Gasteiger partial charge in [0.1, 0.15) is 0 Å². The van der Waals surface area contributed by atoms with E-state index in [0.29, 0.717) is 5.92 Å². The van der Waals surface area contributed by atoms with Crippen molar-refractivity contribution in [3.63, 3.8) is 0 Å². The predicted octanol–water partition coefficient (Wildman–Crippen LogP) is 2.02. The Hall–Kier alpha value is -0.420. The minimum Gasteiger partial charge on any atom is -0.356 e. The molecule has 0 spiro atoms. The molecule has 5 heteroatoms. The Labute approximate surface area is 129 Å². The fraction of sp³-hybridized carbons (Fsp3) is 0.933. The maximum atomic E-state index is 4.30. The number of aliphatic imine (C=N–C) groups is 1. The summed E-state index contributed by atoms with van der Waals surface area (Å²) in [6.07, 6.45) is 4.89. The summed E-state index contributed by atoms with van der Waals surface area (Å²) in [6.45, 7) is 12.5. The average Bonchev–Trinajstić information content (AvgIpc) is 2.91. The topological polar surface area (TPSA) is 39.7 Å². The van der Waals surface area contributed by atoms with Crippen LogP contribution in [0.1, 0.15) is 33.6 Å². The van der Waals surface area contributed by atoms with Crippen LogP contribution >= 0.6 is 11.8 Å². The van der Waals surface area contributed by atoms with Gasteiger partial charge in [0.05, 0.1) is 0 Å². The molecule has 1 unspecified atom stereocenters. The molecular weight excluding hydrogens is 268 g/mol. The molecule has 1 aliphatic heterocycles. The quantitative estimate of drug-likeness (QED) is 0.557. The van der Waals surface area contributed by atoms with Gasteiger partial charge >= 0.3 is 0 Å². The van der Waals surface area contributed by atoms with Crippen molar-refractivity contribution in [1.29, 1.82) is 0 Å². The van der Waals surface area contributed by atoms with E-state index in [9.17, 15) is 0 Å². The number of likely N-dealkylation sites (tertiary alicyclic amines) is 1. The number of nitrogens with one attached hydrogen (secondary N) is 2. The van der Waals surface area contributed by atoms with Gasteiger partial charge in [-0.05, 0) is 52.0 Å². The van der Waals surface area contributed by atoms with E-state index in [-0.39, 0.29) is 4.75 Å². The van der Waals surface area contributed by atoms with Gasteiger partial charge in [-0.15, -0.1) is 0 Å². The molecule has 2 N–H and O–H groups in total. The third-order valence-electron chi connectivity index (χ3n) is 3.84. The van der Waals surface area contributed by atoms with E-state index < -0.39 is 0 Å². The van der Waals surface area contributed by atoms with Gasteiger partial charge in [0.15, 0.2) is 5.96 Å². The third-order valence-corrected chi connectivity index (χ3v) is 5.09. The number of nitrogens with zero attached hydrogens (tertiary/aromatic N) is 2. The van der Waals surface area contributed by atoms with Gasteiger partial charge in [0.25, 0.3) is 0 Å². The molecule has 0 aromatic heterocycles. The molecule has 1 fully saturated rings. The van der Waals surface area contributed by atoms with E-state index in [1.165, 1.54) is 32.5 Å². The van der Waals surface area contributed by atoms with Gasteiger partial charge in [-0.25, -0.2) is 0 Å². The average molecular weight is 301 g/mol. The molecule has 0 saturated carbocycles. The van der Waals surface area contributed by atoms with Crippen LogP contribution in [0.5, 0.6) is 0 Å². The molecular formula is C15H32N4S. The third kappa shape index (κ3) is 6.84. The Balaban J connectivity index is 2.23. The van der Waals surface area contributed by atoms with E-state index in [1.807, 2.05) is 18.8 Å². The minimum atomic E-state index is 0.235. The van der Waals surface area contributed by atoms with Crippen molar-refractivity contribution in [2.24, 2.45) is 10.9 Å². The Morgan fingerprint density at radius 1 is 1.30 bits per heavy atom. The first kappa shape index (κ1) is 17.6. The Bertz CT molecular complexity index is 298. The van der Waals surface area contributed by atoms with Crippen LogP contribution < -0.4 is 10.6 Å². The van der Waals surface area contributed by atoms with Gasteiger partial charge in [0.2, 0.25) is 0 Å². The van der Waals surface area contributed by atoms with E-state index in [4.69, 9.17) is 0 Å². The number of hydrogen-bond donors (Lipinski definition) is 2. The summed E-state index contributed by atoms with van der Waals surface area (Å²) in [5, 5.41) is 6.86.